The topological polar surface area (TPSA) is 592 Å². The van der Waals surface area contributed by atoms with Crippen molar-refractivity contribution in [3.05, 3.63) is 408 Å². The van der Waals surface area contributed by atoms with E-state index in [0.29, 0.717) is 38.9 Å². The van der Waals surface area contributed by atoms with E-state index < -0.39 is 119 Å². The van der Waals surface area contributed by atoms with Crippen molar-refractivity contribution in [3.63, 3.8) is 0 Å². The van der Waals surface area contributed by atoms with Crippen LogP contribution < -0.4 is 90.5 Å². The van der Waals surface area contributed by atoms with Gasteiger partial charge in [-0.1, -0.05) is 180 Å². The van der Waals surface area contributed by atoms with Crippen molar-refractivity contribution in [2.45, 2.75) is 116 Å². The smallest absolute Gasteiger partial charge is 0.346 e. The fourth-order valence-corrected chi connectivity index (χ4v) is 17.3. The van der Waals surface area contributed by atoms with Crippen LogP contribution in [-0.2, 0) is 51.7 Å². The number of fused-ring (bicyclic) bond motifs is 2. The minimum absolute atomic E-state index is 0.0181. The highest BCUT2D eigenvalue weighted by Crippen LogP contribution is 2.50. The lowest BCUT2D eigenvalue weighted by molar-refractivity contribution is -0.143. The Hall–Kier alpha value is -18.5. The number of aromatic carboxylic acids is 4. The van der Waals surface area contributed by atoms with Crippen LogP contribution in [0.25, 0.3) is 21.5 Å². The number of nitrogens with one attached hydrogen (secondary N) is 4. The molecule has 2 heterocycles. The van der Waals surface area contributed by atoms with E-state index in [1.165, 1.54) is 72.8 Å². The number of amides is 4. The zero-order chi connectivity index (χ0) is 109. The number of nitrogen functional groups attached to an aromatic ring is 4. The van der Waals surface area contributed by atoms with E-state index in [2.05, 4.69) is 87.2 Å². The molecule has 0 radical (unpaired) electrons. The molecule has 0 spiro atoms. The van der Waals surface area contributed by atoms with Crippen LogP contribution in [0.2, 0.25) is 0 Å². The number of rotatable bonds is 28. The van der Waals surface area contributed by atoms with E-state index in [1.807, 2.05) is 48.5 Å². The molecule has 149 heavy (non-hydrogen) atoms. The number of anilines is 8. The third kappa shape index (κ3) is 23.8. The molecule has 15 aromatic rings. The van der Waals surface area contributed by atoms with Gasteiger partial charge >= 0.3 is 46.4 Å². The maximum absolute atomic E-state index is 14.3. The SMILES string of the molecule is CC(C)(C)c1cc(C(=O)O)c(C(=O)Nc2ccc(C(c3ccc(NC(=O)c4cc(C(=O)O)c(C(C)(C)C)cc4OC=O)cc3)(c3ccc(NC(=O)c4cc(OC=O)c(C(C)(C)C)cc4C(=O)O)cc3)c3ccc(NC(=O)c4cc(OC=O)c(C(C)(C)C)cc4C(=O)O)cc3)cc2)cc1OC=O.Nc1ccc(C(c2ccc(N)cc2)(c2ccc(N)cc2)c2ccc(N)cc2)cc1.O=c1oc(=O)c2cc3c(=O)oc(=O)c3cc12.[O-]P=P. The van der Waals surface area contributed by atoms with Gasteiger partial charge in [0.25, 0.3) is 49.5 Å². The number of hydrogen-bond acceptors (Lipinski definition) is 27. The predicted octanol–water partition coefficient (Wildman–Crippen LogP) is 17.4. The second-order valence-electron chi connectivity index (χ2n) is 38.2. The molecule has 4 amide bonds. The highest BCUT2D eigenvalue weighted by atomic mass is 31.7. The van der Waals surface area contributed by atoms with Crippen LogP contribution in [0.1, 0.15) is 233 Å². The second-order valence-corrected chi connectivity index (χ2v) is 38.9. The number of carbonyl (C=O) groups excluding carboxylic acids is 8. The molecule has 35 nitrogen and oxygen atoms in total. The Morgan fingerprint density at radius 2 is 0.477 bits per heavy atom. The molecule has 16 N–H and O–H groups in total. The van der Waals surface area contributed by atoms with Gasteiger partial charge in [0.2, 0.25) is 0 Å². The first-order valence-corrected chi connectivity index (χ1v) is 47.4. The molecular weight excluding hydrogens is 1950 g/mol. The van der Waals surface area contributed by atoms with E-state index in [9.17, 15) is 97.1 Å². The van der Waals surface area contributed by atoms with Crippen molar-refractivity contribution in [2.24, 2.45) is 0 Å². The molecule has 2 aromatic heterocycles. The Kier molecular flexibility index (Phi) is 32.9. The Morgan fingerprint density at radius 3 is 0.671 bits per heavy atom. The van der Waals surface area contributed by atoms with Crippen molar-refractivity contribution in [1.82, 2.24) is 0 Å². The number of hydrogen-bond donors (Lipinski definition) is 12. The molecule has 15 rings (SSSR count). The summed E-state index contributed by atoms with van der Waals surface area (Å²) < 4.78 is 29.7. The first-order chi connectivity index (χ1) is 70.3. The summed E-state index contributed by atoms with van der Waals surface area (Å²) in [5.41, 5.74) is 23.4. The standard InChI is InChI=1S/C77H72N4O20.C25H24N4.C10H2O6.HOP2/c1-73(2,3)57-36-61(98-37-82)56(29-55(57)72(96)97)68(89)81-48-27-19-44(20-28-48)77(41-13-21-45(22-14-41)78-65(86)49-33-62(99-38-83)58(74(4,5)6)30-52(49)69(90)91,42-15-23-46(24-16-42)79-66(87)50-34-63(100-39-84)59(75(7,8)9)31-53(50)70(92)93)43-17-25-47(26-18-43)80-67(88)51-35-64(101-40-85)60(76(10,11)12)32-54(51)71(94)95;26-21-9-1-17(2-10-21)25(18-3-11-22(27)12-4-18,19-5-13-23(28)14-6-19)20-7-15-24(29)16-8-20;11-7-3-1-4-6(10(14)16-8(4)12)2-5(3)9(13)15-7;1-3-2/h13-40H,1-12H3,(H,78,86)(H,79,87)(H,80,88)(H,81,89)(H,90,91)(H,92,93)(H,94,95)(H,96,97);1-16H,26-29H2;1-2H;2H/q;;;-1. The van der Waals surface area contributed by atoms with Crippen LogP contribution in [0.4, 0.5) is 45.5 Å². The van der Waals surface area contributed by atoms with Gasteiger partial charge in [-0.15, -0.1) is 8.53 Å². The number of carboxylic acid groups (broad SMARTS) is 4. The van der Waals surface area contributed by atoms with Crippen LogP contribution in [0, 0.1) is 0 Å². The van der Waals surface area contributed by atoms with Gasteiger partial charge in [0.15, 0.2) is 0 Å². The molecule has 0 aliphatic carbocycles. The average molecular weight is 2050 g/mol. The molecule has 0 fully saturated rings. The van der Waals surface area contributed by atoms with E-state index >= 15 is 0 Å². The molecule has 0 bridgehead atoms. The fourth-order valence-electron chi connectivity index (χ4n) is 17.3. The van der Waals surface area contributed by atoms with E-state index in [4.69, 9.17) is 46.8 Å². The molecular formula is C112H99N8O27P2-. The normalized spacial score (nSPS) is 11.4. The summed E-state index contributed by atoms with van der Waals surface area (Å²) in [5.74, 6) is -9.67. The number of benzene rings is 13. The number of nitrogens with two attached hydrogens (primary N) is 4. The highest BCUT2D eigenvalue weighted by Gasteiger charge is 2.42. The van der Waals surface area contributed by atoms with E-state index in [-0.39, 0.29) is 135 Å². The van der Waals surface area contributed by atoms with Crippen molar-refractivity contribution in [1.29, 1.82) is 0 Å². The summed E-state index contributed by atoms with van der Waals surface area (Å²) in [6.45, 7) is 21.7. The van der Waals surface area contributed by atoms with Crippen LogP contribution in [0.5, 0.6) is 23.0 Å². The van der Waals surface area contributed by atoms with Gasteiger partial charge in [-0.2, -0.15) is 8.09 Å². The lowest BCUT2D eigenvalue weighted by Crippen LogP contribution is -2.31. The third-order valence-corrected chi connectivity index (χ3v) is 24.4. The van der Waals surface area contributed by atoms with E-state index in [0.717, 1.165) is 81.4 Å². The first kappa shape index (κ1) is 109. The van der Waals surface area contributed by atoms with Gasteiger partial charge in [-0.05, 0) is 229 Å². The Bertz CT molecular complexity index is 7310. The Balaban J connectivity index is 0.000000328. The maximum atomic E-state index is 14.3. The van der Waals surface area contributed by atoms with Crippen LogP contribution in [-0.4, -0.2) is 93.8 Å². The van der Waals surface area contributed by atoms with E-state index in [1.54, 1.807) is 132 Å². The quantitative estimate of drug-likeness (QED) is 0.00938. The zero-order valence-corrected chi connectivity index (χ0v) is 83.9. The van der Waals surface area contributed by atoms with Crippen LogP contribution >= 0.6 is 16.6 Å². The molecule has 0 saturated carbocycles. The Morgan fingerprint density at radius 1 is 0.282 bits per heavy atom. The van der Waals surface area contributed by atoms with Crippen LogP contribution in [0.3, 0.4) is 0 Å². The summed E-state index contributed by atoms with van der Waals surface area (Å²) in [5, 5.41) is 52.4. The lowest BCUT2D eigenvalue weighted by atomic mass is 9.65. The van der Waals surface area contributed by atoms with Gasteiger partial charge in [-0.3, -0.25) is 38.4 Å². The molecule has 0 saturated heterocycles. The number of carbonyl (C=O) groups is 12. The fraction of sp³-hybridized carbons (Fsp3) is 0.161. The third-order valence-electron chi connectivity index (χ3n) is 24.4. The maximum Gasteiger partial charge on any atom is 0.346 e. The summed E-state index contributed by atoms with van der Waals surface area (Å²) >= 11 is 0. The molecule has 760 valence electrons. The lowest BCUT2D eigenvalue weighted by Gasteiger charge is -2.37. The molecule has 0 unspecified atom stereocenters. The number of carboxylic acids is 4. The second kappa shape index (κ2) is 44.8. The average Bonchev–Trinajstić information content (AvgIpc) is 1.45. The van der Waals surface area contributed by atoms with Crippen molar-refractivity contribution in [3.8, 4) is 23.0 Å². The minimum Gasteiger partial charge on any atom is -0.802 e. The monoisotopic (exact) mass is 2050 g/mol. The predicted molar refractivity (Wildman–Crippen MR) is 563 cm³/mol. The number of ether oxygens (including phenoxy) is 4. The summed E-state index contributed by atoms with van der Waals surface area (Å²) in [6, 6.07) is 69.1. The minimum atomic E-state index is -1.60. The Labute approximate surface area is 853 Å². The molecule has 0 aliphatic heterocycles. The molecule has 13 aromatic carbocycles. The van der Waals surface area contributed by atoms with Gasteiger partial charge in [0, 0.05) is 62.2 Å². The number of furan rings is 2. The molecule has 0 aliphatic rings. The molecule has 37 heteroatoms. The van der Waals surface area contributed by atoms with Crippen molar-refractivity contribution in [2.75, 3.05) is 44.2 Å². The summed E-state index contributed by atoms with van der Waals surface area (Å²) in [6.07, 6.45) is 0. The van der Waals surface area contributed by atoms with Crippen molar-refractivity contribution >= 4 is 157 Å². The highest BCUT2D eigenvalue weighted by molar-refractivity contribution is 7.70. The first-order valence-electron chi connectivity index (χ1n) is 45.3. The zero-order valence-electron chi connectivity index (χ0n) is 82.0. The van der Waals surface area contributed by atoms with Gasteiger partial charge < -0.3 is 97.3 Å². The van der Waals surface area contributed by atoms with Crippen LogP contribution in [0.15, 0.2) is 283 Å². The van der Waals surface area contributed by atoms with Crippen molar-refractivity contribution < 1.29 is 111 Å². The molecule has 0 atom stereocenters. The summed E-state index contributed by atoms with van der Waals surface area (Å²) in [4.78, 5) is 209. The summed E-state index contributed by atoms with van der Waals surface area (Å²) in [7, 11) is 2.57. The van der Waals surface area contributed by atoms with Gasteiger partial charge in [0.1, 0.15) is 23.0 Å². The van der Waals surface area contributed by atoms with Gasteiger partial charge in [-0.25, -0.2) is 38.4 Å². The largest absolute Gasteiger partial charge is 0.802 e. The van der Waals surface area contributed by atoms with Gasteiger partial charge in [0.05, 0.1) is 76.9 Å².